The molecule has 0 radical (unpaired) electrons. The van der Waals surface area contributed by atoms with Crippen LogP contribution in [0.5, 0.6) is 0 Å². The number of nitrogens with zero attached hydrogens (tertiary/aromatic N) is 2. The lowest BCUT2D eigenvalue weighted by Gasteiger charge is -2.10. The van der Waals surface area contributed by atoms with Gasteiger partial charge < -0.3 is 10.6 Å². The fourth-order valence-corrected chi connectivity index (χ4v) is 2.61. The number of carbonyl (C=O) groups excluding carboxylic acids is 1. The van der Waals surface area contributed by atoms with Crippen molar-refractivity contribution in [3.63, 3.8) is 0 Å². The second-order valence-corrected chi connectivity index (χ2v) is 6.43. The van der Waals surface area contributed by atoms with Gasteiger partial charge in [0.15, 0.2) is 0 Å². The molecule has 0 aliphatic carbocycles. The molecule has 3 rings (SSSR count). The van der Waals surface area contributed by atoms with Crippen LogP contribution >= 0.6 is 11.6 Å². The molecule has 1 amide bonds. The highest BCUT2D eigenvalue weighted by atomic mass is 35.5. The van der Waals surface area contributed by atoms with E-state index in [-0.39, 0.29) is 5.91 Å². The molecule has 0 saturated heterocycles. The lowest BCUT2D eigenvalue weighted by Crippen LogP contribution is -2.16. The van der Waals surface area contributed by atoms with Crippen molar-refractivity contribution in [2.45, 2.75) is 20.4 Å². The fraction of sp³-hybridized carbons (Fsp3) is 0.150. The molecule has 26 heavy (non-hydrogen) atoms. The van der Waals surface area contributed by atoms with Crippen LogP contribution < -0.4 is 10.6 Å². The molecule has 0 bridgehead atoms. The van der Waals surface area contributed by atoms with Gasteiger partial charge in [-0.15, -0.1) is 0 Å². The van der Waals surface area contributed by atoms with E-state index in [1.165, 1.54) is 0 Å². The maximum absolute atomic E-state index is 12.5. The van der Waals surface area contributed by atoms with E-state index >= 15 is 0 Å². The van der Waals surface area contributed by atoms with Crippen molar-refractivity contribution in [2.24, 2.45) is 0 Å². The Balaban J connectivity index is 1.72. The number of carbonyl (C=O) groups is 1. The number of anilines is 2. The molecule has 132 valence electrons. The summed E-state index contributed by atoms with van der Waals surface area (Å²) in [4.78, 5) is 21.1. The Hall–Kier alpha value is -2.92. The third kappa shape index (κ3) is 4.80. The molecule has 2 aromatic carbocycles. The molecule has 6 heteroatoms. The third-order valence-corrected chi connectivity index (χ3v) is 3.99. The number of halogens is 1. The Bertz CT molecular complexity index is 925. The van der Waals surface area contributed by atoms with Crippen LogP contribution in [0.3, 0.4) is 0 Å². The molecule has 5 nitrogen and oxygen atoms in total. The number of benzene rings is 2. The van der Waals surface area contributed by atoms with Crippen LogP contribution in [0.15, 0.2) is 54.6 Å². The molecule has 3 aromatic rings. The van der Waals surface area contributed by atoms with Crippen molar-refractivity contribution in [2.75, 3.05) is 10.6 Å². The van der Waals surface area contributed by atoms with Crippen LogP contribution in [0.2, 0.25) is 5.02 Å². The summed E-state index contributed by atoms with van der Waals surface area (Å²) in [6, 6.07) is 16.8. The molecule has 0 unspecified atom stereocenters. The predicted molar refractivity (Wildman–Crippen MR) is 105 cm³/mol. The lowest BCUT2D eigenvalue weighted by molar-refractivity contribution is 0.102. The minimum atomic E-state index is -0.268. The first kappa shape index (κ1) is 17.9. The third-order valence-electron chi connectivity index (χ3n) is 3.73. The molecular weight excluding hydrogens is 348 g/mol. The van der Waals surface area contributed by atoms with Crippen LogP contribution in [-0.4, -0.2) is 15.9 Å². The average molecular weight is 367 g/mol. The van der Waals surface area contributed by atoms with E-state index in [0.717, 1.165) is 16.8 Å². The molecule has 2 N–H and O–H groups in total. The van der Waals surface area contributed by atoms with E-state index in [1.807, 2.05) is 55.5 Å². The first-order chi connectivity index (χ1) is 12.5. The topological polar surface area (TPSA) is 66.9 Å². The van der Waals surface area contributed by atoms with Gasteiger partial charge in [0.25, 0.3) is 5.91 Å². The summed E-state index contributed by atoms with van der Waals surface area (Å²) in [6.07, 6.45) is 0. The highest BCUT2D eigenvalue weighted by Gasteiger charge is 2.11. The van der Waals surface area contributed by atoms with Gasteiger partial charge in [-0.2, -0.15) is 0 Å². The van der Waals surface area contributed by atoms with Crippen molar-refractivity contribution in [3.8, 4) is 0 Å². The van der Waals surface area contributed by atoms with E-state index in [0.29, 0.717) is 28.9 Å². The summed E-state index contributed by atoms with van der Waals surface area (Å²) >= 11 is 5.90. The summed E-state index contributed by atoms with van der Waals surface area (Å²) in [7, 11) is 0. The Morgan fingerprint density at radius 2 is 1.81 bits per heavy atom. The molecule has 0 aliphatic rings. The van der Waals surface area contributed by atoms with Gasteiger partial charge in [-0.05, 0) is 49.2 Å². The Morgan fingerprint density at radius 3 is 2.54 bits per heavy atom. The lowest BCUT2D eigenvalue weighted by atomic mass is 10.2. The van der Waals surface area contributed by atoms with Gasteiger partial charge in [0.2, 0.25) is 0 Å². The Labute approximate surface area is 157 Å². The number of nitrogens with one attached hydrogen (secondary N) is 2. The number of aryl methyl sites for hydroxylation is 2. The zero-order valence-corrected chi connectivity index (χ0v) is 15.3. The number of hydrogen-bond acceptors (Lipinski definition) is 4. The molecule has 0 fully saturated rings. The van der Waals surface area contributed by atoms with Crippen LogP contribution in [0.25, 0.3) is 0 Å². The van der Waals surface area contributed by atoms with Crippen molar-refractivity contribution < 1.29 is 4.79 Å². The first-order valence-electron chi connectivity index (χ1n) is 8.21. The molecule has 1 heterocycles. The van der Waals surface area contributed by atoms with Crippen molar-refractivity contribution in [1.82, 2.24) is 9.97 Å². The fourth-order valence-electron chi connectivity index (χ4n) is 2.49. The number of aromatic nitrogens is 2. The van der Waals surface area contributed by atoms with Gasteiger partial charge >= 0.3 is 0 Å². The summed E-state index contributed by atoms with van der Waals surface area (Å²) in [6.45, 7) is 4.31. The zero-order valence-electron chi connectivity index (χ0n) is 14.6. The van der Waals surface area contributed by atoms with Gasteiger partial charge in [0.05, 0.1) is 0 Å². The van der Waals surface area contributed by atoms with E-state index in [4.69, 9.17) is 11.6 Å². The van der Waals surface area contributed by atoms with Gasteiger partial charge in [0.1, 0.15) is 17.3 Å². The predicted octanol–water partition coefficient (Wildman–Crippen LogP) is 4.61. The normalized spacial score (nSPS) is 10.4. The number of rotatable bonds is 5. The standard InChI is InChI=1S/C20H19ClN4O/c1-13-4-3-5-17(10-13)25-20(26)18-11-19(24-14(2)23-18)22-12-15-6-8-16(21)9-7-15/h3-11H,12H2,1-2H3,(H,25,26)(H,22,23,24). The Kier molecular flexibility index (Phi) is 5.49. The van der Waals surface area contributed by atoms with Gasteiger partial charge in [-0.25, -0.2) is 9.97 Å². The van der Waals surface area contributed by atoms with Crippen molar-refractivity contribution >= 4 is 29.0 Å². The second kappa shape index (κ2) is 7.97. The Morgan fingerprint density at radius 1 is 1.04 bits per heavy atom. The maximum Gasteiger partial charge on any atom is 0.274 e. The zero-order chi connectivity index (χ0) is 18.5. The van der Waals surface area contributed by atoms with E-state index in [1.54, 1.807) is 13.0 Å². The maximum atomic E-state index is 12.5. The number of hydrogen-bond donors (Lipinski definition) is 2. The van der Waals surface area contributed by atoms with Crippen molar-refractivity contribution in [1.29, 1.82) is 0 Å². The van der Waals surface area contributed by atoms with Crippen molar-refractivity contribution in [3.05, 3.63) is 82.3 Å². The molecule has 0 atom stereocenters. The van der Waals surface area contributed by atoms with Gasteiger partial charge in [-0.3, -0.25) is 4.79 Å². The van der Waals surface area contributed by atoms with E-state index in [9.17, 15) is 4.79 Å². The molecular formula is C20H19ClN4O. The summed E-state index contributed by atoms with van der Waals surface area (Å²) in [5.41, 5.74) is 3.20. The molecule has 0 saturated carbocycles. The van der Waals surface area contributed by atoms with Gasteiger partial charge in [0, 0.05) is 23.3 Å². The first-order valence-corrected chi connectivity index (χ1v) is 8.59. The molecule has 1 aromatic heterocycles. The monoisotopic (exact) mass is 366 g/mol. The minimum Gasteiger partial charge on any atom is -0.366 e. The van der Waals surface area contributed by atoms with Crippen LogP contribution in [0, 0.1) is 13.8 Å². The van der Waals surface area contributed by atoms with Gasteiger partial charge in [-0.1, -0.05) is 35.9 Å². The largest absolute Gasteiger partial charge is 0.366 e. The molecule has 0 spiro atoms. The van der Waals surface area contributed by atoms with E-state index < -0.39 is 0 Å². The van der Waals surface area contributed by atoms with E-state index in [2.05, 4.69) is 20.6 Å². The molecule has 0 aliphatic heterocycles. The minimum absolute atomic E-state index is 0.268. The SMILES string of the molecule is Cc1cccc(NC(=O)c2cc(NCc3ccc(Cl)cc3)nc(C)n2)c1. The quantitative estimate of drug-likeness (QED) is 0.691. The highest BCUT2D eigenvalue weighted by molar-refractivity contribution is 6.30. The van der Waals surface area contributed by atoms with Crippen LogP contribution in [-0.2, 0) is 6.54 Å². The van der Waals surface area contributed by atoms with Crippen LogP contribution in [0.4, 0.5) is 11.5 Å². The summed E-state index contributed by atoms with van der Waals surface area (Å²) in [5, 5.41) is 6.77. The summed E-state index contributed by atoms with van der Waals surface area (Å²) in [5.74, 6) is 0.859. The number of amides is 1. The highest BCUT2D eigenvalue weighted by Crippen LogP contribution is 2.14. The average Bonchev–Trinajstić information content (AvgIpc) is 2.61. The summed E-state index contributed by atoms with van der Waals surface area (Å²) < 4.78 is 0. The van der Waals surface area contributed by atoms with Crippen LogP contribution in [0.1, 0.15) is 27.4 Å². The second-order valence-electron chi connectivity index (χ2n) is 5.99. The smallest absolute Gasteiger partial charge is 0.274 e.